The van der Waals surface area contributed by atoms with Crippen LogP contribution in [0.25, 0.3) is 0 Å². The van der Waals surface area contributed by atoms with Gasteiger partial charge < -0.3 is 10.2 Å². The summed E-state index contributed by atoms with van der Waals surface area (Å²) < 4.78 is 0. The average molecular weight is 170 g/mol. The molecule has 1 rings (SSSR count). The largest absolute Gasteiger partial charge is 0.481 e. The standard InChI is InChI=1S/C9H14O3/c1-6(2)3-9(12)4-7(5-9)8(10)11/h3,7,12H,4-5H2,1-2H3,(H,10,11). The molecule has 0 heterocycles. The average Bonchev–Trinajstić information content (AvgIpc) is 1.80. The van der Waals surface area contributed by atoms with Gasteiger partial charge in [0.25, 0.3) is 0 Å². The van der Waals surface area contributed by atoms with Crippen molar-refractivity contribution in [2.75, 3.05) is 0 Å². The number of aliphatic hydroxyl groups is 1. The van der Waals surface area contributed by atoms with Crippen LogP contribution in [-0.4, -0.2) is 21.8 Å². The molecule has 0 aromatic heterocycles. The summed E-state index contributed by atoms with van der Waals surface area (Å²) in [6.45, 7) is 3.79. The molecule has 1 fully saturated rings. The molecule has 3 nitrogen and oxygen atoms in total. The van der Waals surface area contributed by atoms with Crippen molar-refractivity contribution in [2.45, 2.75) is 32.3 Å². The van der Waals surface area contributed by atoms with E-state index < -0.39 is 11.6 Å². The molecule has 0 atom stereocenters. The smallest absolute Gasteiger partial charge is 0.306 e. The molecule has 1 saturated carbocycles. The number of carboxylic acid groups (broad SMARTS) is 1. The Hall–Kier alpha value is -0.830. The Morgan fingerprint density at radius 1 is 1.50 bits per heavy atom. The van der Waals surface area contributed by atoms with Crippen molar-refractivity contribution in [3.05, 3.63) is 11.6 Å². The Labute approximate surface area is 71.7 Å². The van der Waals surface area contributed by atoms with E-state index in [9.17, 15) is 9.90 Å². The van der Waals surface area contributed by atoms with Gasteiger partial charge in [0.2, 0.25) is 0 Å². The van der Waals surface area contributed by atoms with E-state index in [2.05, 4.69) is 0 Å². The molecule has 0 spiro atoms. The van der Waals surface area contributed by atoms with Gasteiger partial charge in [-0.05, 0) is 26.7 Å². The number of hydrogen-bond acceptors (Lipinski definition) is 2. The number of hydrogen-bond donors (Lipinski definition) is 2. The third-order valence-corrected chi connectivity index (χ3v) is 2.11. The van der Waals surface area contributed by atoms with Crippen molar-refractivity contribution in [1.82, 2.24) is 0 Å². The Morgan fingerprint density at radius 2 is 2.00 bits per heavy atom. The number of allylic oxidation sites excluding steroid dienone is 1. The van der Waals surface area contributed by atoms with Crippen LogP contribution in [-0.2, 0) is 4.79 Å². The predicted octanol–water partition coefficient (Wildman–Crippen LogP) is 1.18. The second kappa shape index (κ2) is 2.90. The van der Waals surface area contributed by atoms with Crippen LogP contribution < -0.4 is 0 Å². The van der Waals surface area contributed by atoms with E-state index in [1.807, 2.05) is 13.8 Å². The minimum atomic E-state index is -0.845. The molecule has 3 heteroatoms. The molecule has 12 heavy (non-hydrogen) atoms. The Morgan fingerprint density at radius 3 is 2.33 bits per heavy atom. The number of carbonyl (C=O) groups is 1. The maximum absolute atomic E-state index is 10.4. The normalized spacial score (nSPS) is 33.8. The molecule has 0 radical (unpaired) electrons. The molecule has 0 saturated heterocycles. The third kappa shape index (κ3) is 1.85. The zero-order valence-electron chi connectivity index (χ0n) is 7.37. The summed E-state index contributed by atoms with van der Waals surface area (Å²) in [5.41, 5.74) is 0.184. The van der Waals surface area contributed by atoms with Crippen LogP contribution >= 0.6 is 0 Å². The van der Waals surface area contributed by atoms with Crippen molar-refractivity contribution in [3.8, 4) is 0 Å². The second-order valence-electron chi connectivity index (χ2n) is 3.77. The summed E-state index contributed by atoms with van der Waals surface area (Å²) in [6.07, 6.45) is 2.45. The Balaban J connectivity index is 2.51. The van der Waals surface area contributed by atoms with E-state index in [4.69, 9.17) is 5.11 Å². The predicted molar refractivity (Wildman–Crippen MR) is 44.7 cm³/mol. The third-order valence-electron chi connectivity index (χ3n) is 2.11. The van der Waals surface area contributed by atoms with Gasteiger partial charge in [0.15, 0.2) is 0 Å². The number of aliphatic carboxylic acids is 1. The first-order valence-corrected chi connectivity index (χ1v) is 4.04. The van der Waals surface area contributed by atoms with E-state index in [1.165, 1.54) is 0 Å². The minimum Gasteiger partial charge on any atom is -0.481 e. The van der Waals surface area contributed by atoms with Gasteiger partial charge in [-0.2, -0.15) is 0 Å². The van der Waals surface area contributed by atoms with Crippen molar-refractivity contribution in [2.24, 2.45) is 5.92 Å². The van der Waals surface area contributed by atoms with Gasteiger partial charge in [-0.25, -0.2) is 0 Å². The van der Waals surface area contributed by atoms with E-state index in [0.29, 0.717) is 12.8 Å². The summed E-state index contributed by atoms with van der Waals surface area (Å²) in [7, 11) is 0. The summed E-state index contributed by atoms with van der Waals surface area (Å²) in [5.74, 6) is -1.16. The monoisotopic (exact) mass is 170 g/mol. The Kier molecular flexibility index (Phi) is 2.24. The fourth-order valence-electron chi connectivity index (χ4n) is 1.62. The zero-order chi connectivity index (χ0) is 9.35. The zero-order valence-corrected chi connectivity index (χ0v) is 7.37. The van der Waals surface area contributed by atoms with Crippen molar-refractivity contribution < 1.29 is 15.0 Å². The van der Waals surface area contributed by atoms with E-state index in [1.54, 1.807) is 6.08 Å². The maximum Gasteiger partial charge on any atom is 0.306 e. The van der Waals surface area contributed by atoms with Gasteiger partial charge >= 0.3 is 5.97 Å². The molecule has 0 aromatic carbocycles. The fraction of sp³-hybridized carbons (Fsp3) is 0.667. The molecule has 1 aliphatic carbocycles. The van der Waals surface area contributed by atoms with Gasteiger partial charge in [-0.3, -0.25) is 4.79 Å². The van der Waals surface area contributed by atoms with Crippen LogP contribution in [0.15, 0.2) is 11.6 Å². The molecular formula is C9H14O3. The maximum atomic E-state index is 10.4. The summed E-state index contributed by atoms with van der Waals surface area (Å²) in [6, 6.07) is 0. The lowest BCUT2D eigenvalue weighted by atomic mass is 9.70. The van der Waals surface area contributed by atoms with E-state index in [-0.39, 0.29) is 5.92 Å². The molecule has 1 aliphatic rings. The second-order valence-corrected chi connectivity index (χ2v) is 3.77. The lowest BCUT2D eigenvalue weighted by molar-refractivity contribution is -0.153. The summed E-state index contributed by atoms with van der Waals surface area (Å²) in [4.78, 5) is 10.4. The topological polar surface area (TPSA) is 57.5 Å². The highest BCUT2D eigenvalue weighted by Gasteiger charge is 2.44. The highest BCUT2D eigenvalue weighted by atomic mass is 16.4. The fourth-order valence-corrected chi connectivity index (χ4v) is 1.62. The minimum absolute atomic E-state index is 0.355. The highest BCUT2D eigenvalue weighted by molar-refractivity contribution is 5.71. The van der Waals surface area contributed by atoms with Crippen molar-refractivity contribution in [1.29, 1.82) is 0 Å². The van der Waals surface area contributed by atoms with E-state index in [0.717, 1.165) is 5.57 Å². The van der Waals surface area contributed by atoms with Crippen molar-refractivity contribution in [3.63, 3.8) is 0 Å². The van der Waals surface area contributed by atoms with Crippen LogP contribution in [0, 0.1) is 5.92 Å². The highest BCUT2D eigenvalue weighted by Crippen LogP contribution is 2.39. The van der Waals surface area contributed by atoms with Crippen LogP contribution in [0.4, 0.5) is 0 Å². The molecule has 68 valence electrons. The SMILES string of the molecule is CC(C)=CC1(O)CC(C(=O)O)C1. The molecule has 0 amide bonds. The first kappa shape index (κ1) is 9.26. The lowest BCUT2D eigenvalue weighted by Gasteiger charge is -2.39. The lowest BCUT2D eigenvalue weighted by Crippen LogP contribution is -2.45. The molecule has 0 aliphatic heterocycles. The first-order valence-electron chi connectivity index (χ1n) is 4.04. The van der Waals surface area contributed by atoms with Gasteiger partial charge in [-0.1, -0.05) is 11.6 Å². The summed E-state index contributed by atoms with van der Waals surface area (Å²) >= 11 is 0. The molecule has 0 bridgehead atoms. The van der Waals surface area contributed by atoms with E-state index >= 15 is 0 Å². The molecule has 0 aromatic rings. The number of carboxylic acids is 1. The molecule has 2 N–H and O–H groups in total. The van der Waals surface area contributed by atoms with Crippen LogP contribution in [0.1, 0.15) is 26.7 Å². The number of rotatable bonds is 2. The van der Waals surface area contributed by atoms with Gasteiger partial charge in [0.1, 0.15) is 0 Å². The van der Waals surface area contributed by atoms with Crippen LogP contribution in [0.3, 0.4) is 0 Å². The van der Waals surface area contributed by atoms with Crippen LogP contribution in [0.2, 0.25) is 0 Å². The van der Waals surface area contributed by atoms with Gasteiger partial charge in [0, 0.05) is 0 Å². The van der Waals surface area contributed by atoms with Crippen LogP contribution in [0.5, 0.6) is 0 Å². The summed E-state index contributed by atoms with van der Waals surface area (Å²) in [5, 5.41) is 18.2. The molecular weight excluding hydrogens is 156 g/mol. The van der Waals surface area contributed by atoms with Gasteiger partial charge in [-0.15, -0.1) is 0 Å². The first-order chi connectivity index (χ1) is 5.43. The Bertz CT molecular complexity index is 220. The quantitative estimate of drug-likeness (QED) is 0.612. The molecule has 0 unspecified atom stereocenters. The van der Waals surface area contributed by atoms with Gasteiger partial charge in [0.05, 0.1) is 11.5 Å². The van der Waals surface area contributed by atoms with Crippen molar-refractivity contribution >= 4 is 5.97 Å².